The second-order valence-corrected chi connectivity index (χ2v) is 4.73. The molecule has 19 heavy (non-hydrogen) atoms. The molecule has 96 valence electrons. The molecule has 0 bridgehead atoms. The molecule has 0 aliphatic carbocycles. The Labute approximate surface area is 115 Å². The quantitative estimate of drug-likeness (QED) is 0.643. The van der Waals surface area contributed by atoms with E-state index in [0.29, 0.717) is 5.88 Å². The van der Waals surface area contributed by atoms with E-state index in [2.05, 4.69) is 4.98 Å². The van der Waals surface area contributed by atoms with Crippen LogP contribution in [0.1, 0.15) is 5.56 Å². The Bertz CT molecular complexity index is 749. The van der Waals surface area contributed by atoms with Crippen molar-refractivity contribution in [2.45, 2.75) is 5.88 Å². The van der Waals surface area contributed by atoms with Crippen molar-refractivity contribution in [3.8, 4) is 11.4 Å². The molecule has 0 aliphatic rings. The smallest absolute Gasteiger partial charge is 0.140 e. The first kappa shape index (κ1) is 12.2. The predicted molar refractivity (Wildman–Crippen MR) is 75.7 cm³/mol. The average Bonchev–Trinajstić information content (AvgIpc) is 2.76. The topological polar surface area (TPSA) is 17.8 Å². The maximum absolute atomic E-state index is 13.3. The summed E-state index contributed by atoms with van der Waals surface area (Å²) in [5, 5.41) is 0. The zero-order valence-corrected chi connectivity index (χ0v) is 11.2. The number of aromatic nitrogens is 2. The van der Waals surface area contributed by atoms with Crippen LogP contribution in [-0.2, 0) is 12.9 Å². The van der Waals surface area contributed by atoms with Gasteiger partial charge in [-0.15, -0.1) is 11.6 Å². The van der Waals surface area contributed by atoms with E-state index in [9.17, 15) is 4.39 Å². The molecule has 0 saturated heterocycles. The van der Waals surface area contributed by atoms with E-state index in [4.69, 9.17) is 11.6 Å². The fraction of sp³-hybridized carbons (Fsp3) is 0.133. The number of hydrogen-bond donors (Lipinski definition) is 0. The SMILES string of the molecule is Cn1c(-c2cccc(CCl)c2)nc2ccc(F)cc21. The van der Waals surface area contributed by atoms with Gasteiger partial charge in [-0.3, -0.25) is 0 Å². The van der Waals surface area contributed by atoms with Gasteiger partial charge >= 0.3 is 0 Å². The zero-order chi connectivity index (χ0) is 13.4. The molecule has 2 aromatic carbocycles. The molecule has 0 unspecified atom stereocenters. The minimum Gasteiger partial charge on any atom is -0.327 e. The summed E-state index contributed by atoms with van der Waals surface area (Å²) < 4.78 is 15.2. The number of imidazole rings is 1. The summed E-state index contributed by atoms with van der Waals surface area (Å²) in [7, 11) is 1.89. The lowest BCUT2D eigenvalue weighted by molar-refractivity contribution is 0.629. The summed E-state index contributed by atoms with van der Waals surface area (Å²) >= 11 is 5.85. The zero-order valence-electron chi connectivity index (χ0n) is 10.4. The van der Waals surface area contributed by atoms with Crippen LogP contribution in [0.5, 0.6) is 0 Å². The summed E-state index contributed by atoms with van der Waals surface area (Å²) in [5.41, 5.74) is 3.59. The van der Waals surface area contributed by atoms with Crippen molar-refractivity contribution >= 4 is 22.6 Å². The lowest BCUT2D eigenvalue weighted by Crippen LogP contribution is -1.93. The number of aryl methyl sites for hydroxylation is 1. The normalized spacial score (nSPS) is 11.1. The Kier molecular flexibility index (Phi) is 2.99. The first-order valence-electron chi connectivity index (χ1n) is 5.96. The summed E-state index contributed by atoms with van der Waals surface area (Å²) in [6, 6.07) is 12.5. The van der Waals surface area contributed by atoms with Gasteiger partial charge in [0.05, 0.1) is 11.0 Å². The summed E-state index contributed by atoms with van der Waals surface area (Å²) in [5.74, 6) is 1.02. The van der Waals surface area contributed by atoms with Crippen LogP contribution in [0.25, 0.3) is 22.4 Å². The largest absolute Gasteiger partial charge is 0.327 e. The molecular weight excluding hydrogens is 263 g/mol. The van der Waals surface area contributed by atoms with Crippen LogP contribution in [0.3, 0.4) is 0 Å². The standard InChI is InChI=1S/C15H12ClFN2/c1-19-14-8-12(17)5-6-13(14)18-15(19)11-4-2-3-10(7-11)9-16/h2-8H,9H2,1H3. The number of benzene rings is 2. The lowest BCUT2D eigenvalue weighted by atomic mass is 10.1. The van der Waals surface area contributed by atoms with Crippen LogP contribution in [0.4, 0.5) is 4.39 Å². The Balaban J connectivity index is 2.21. The number of halogens is 2. The summed E-state index contributed by atoms with van der Waals surface area (Å²) in [6.07, 6.45) is 0. The van der Waals surface area contributed by atoms with Gasteiger partial charge in [0.1, 0.15) is 11.6 Å². The van der Waals surface area contributed by atoms with Gasteiger partial charge in [-0.2, -0.15) is 0 Å². The van der Waals surface area contributed by atoms with Gasteiger partial charge in [-0.1, -0.05) is 18.2 Å². The third kappa shape index (κ3) is 2.10. The van der Waals surface area contributed by atoms with Crippen LogP contribution in [0.15, 0.2) is 42.5 Å². The molecule has 0 amide bonds. The highest BCUT2D eigenvalue weighted by molar-refractivity contribution is 6.17. The minimum atomic E-state index is -0.253. The molecule has 1 aromatic heterocycles. The van der Waals surface area contributed by atoms with E-state index in [-0.39, 0.29) is 5.82 Å². The number of fused-ring (bicyclic) bond motifs is 1. The van der Waals surface area contributed by atoms with Crippen molar-refractivity contribution in [2.75, 3.05) is 0 Å². The third-order valence-corrected chi connectivity index (χ3v) is 3.49. The predicted octanol–water partition coefficient (Wildman–Crippen LogP) is 4.12. The van der Waals surface area contributed by atoms with Gasteiger partial charge in [0.15, 0.2) is 0 Å². The van der Waals surface area contributed by atoms with Gasteiger partial charge in [0.2, 0.25) is 0 Å². The molecule has 0 atom stereocenters. The van der Waals surface area contributed by atoms with Crippen molar-refractivity contribution in [1.82, 2.24) is 9.55 Å². The van der Waals surface area contributed by atoms with Gasteiger partial charge in [0, 0.05) is 18.5 Å². The molecule has 0 spiro atoms. The van der Waals surface area contributed by atoms with Crippen LogP contribution in [0, 0.1) is 5.82 Å². The highest BCUT2D eigenvalue weighted by Gasteiger charge is 2.10. The molecule has 0 radical (unpaired) electrons. The van der Waals surface area contributed by atoms with Gasteiger partial charge in [-0.05, 0) is 29.8 Å². The number of alkyl halides is 1. The Hall–Kier alpha value is -1.87. The van der Waals surface area contributed by atoms with E-state index in [1.165, 1.54) is 12.1 Å². The first-order chi connectivity index (χ1) is 9.19. The Morgan fingerprint density at radius 1 is 1.21 bits per heavy atom. The van der Waals surface area contributed by atoms with Gasteiger partial charge in [0.25, 0.3) is 0 Å². The molecule has 1 heterocycles. The second-order valence-electron chi connectivity index (χ2n) is 4.46. The average molecular weight is 275 g/mol. The monoisotopic (exact) mass is 274 g/mol. The second kappa shape index (κ2) is 4.67. The fourth-order valence-corrected chi connectivity index (χ4v) is 2.38. The maximum atomic E-state index is 13.3. The minimum absolute atomic E-state index is 0.253. The van der Waals surface area contributed by atoms with E-state index in [0.717, 1.165) is 28.0 Å². The van der Waals surface area contributed by atoms with E-state index in [1.807, 2.05) is 35.9 Å². The molecule has 0 fully saturated rings. The van der Waals surface area contributed by atoms with Crippen molar-refractivity contribution in [3.63, 3.8) is 0 Å². The van der Waals surface area contributed by atoms with Crippen LogP contribution in [-0.4, -0.2) is 9.55 Å². The van der Waals surface area contributed by atoms with Crippen molar-refractivity contribution in [2.24, 2.45) is 7.05 Å². The van der Waals surface area contributed by atoms with Crippen molar-refractivity contribution < 1.29 is 4.39 Å². The maximum Gasteiger partial charge on any atom is 0.140 e. The van der Waals surface area contributed by atoms with Crippen LogP contribution in [0.2, 0.25) is 0 Å². The third-order valence-electron chi connectivity index (χ3n) is 3.18. The number of nitrogens with zero attached hydrogens (tertiary/aromatic N) is 2. The van der Waals surface area contributed by atoms with Crippen LogP contribution < -0.4 is 0 Å². The highest BCUT2D eigenvalue weighted by Crippen LogP contribution is 2.25. The summed E-state index contributed by atoms with van der Waals surface area (Å²) in [4.78, 5) is 4.55. The molecule has 0 aliphatic heterocycles. The fourth-order valence-electron chi connectivity index (χ4n) is 2.21. The van der Waals surface area contributed by atoms with Gasteiger partial charge in [-0.25, -0.2) is 9.37 Å². The molecule has 0 saturated carbocycles. The summed E-state index contributed by atoms with van der Waals surface area (Å²) in [6.45, 7) is 0. The highest BCUT2D eigenvalue weighted by atomic mass is 35.5. The van der Waals surface area contributed by atoms with E-state index >= 15 is 0 Å². The van der Waals surface area contributed by atoms with Crippen LogP contribution >= 0.6 is 11.6 Å². The van der Waals surface area contributed by atoms with E-state index in [1.54, 1.807) is 6.07 Å². The van der Waals surface area contributed by atoms with Crippen molar-refractivity contribution in [3.05, 3.63) is 53.8 Å². The molecule has 2 nitrogen and oxygen atoms in total. The first-order valence-corrected chi connectivity index (χ1v) is 6.50. The van der Waals surface area contributed by atoms with Gasteiger partial charge < -0.3 is 4.57 Å². The molecule has 4 heteroatoms. The molecular formula is C15H12ClFN2. The Morgan fingerprint density at radius 2 is 2.05 bits per heavy atom. The molecule has 0 N–H and O–H groups in total. The number of rotatable bonds is 2. The molecule has 3 aromatic rings. The lowest BCUT2D eigenvalue weighted by Gasteiger charge is -2.04. The molecule has 3 rings (SSSR count). The Morgan fingerprint density at radius 3 is 2.84 bits per heavy atom. The van der Waals surface area contributed by atoms with E-state index < -0.39 is 0 Å². The number of hydrogen-bond acceptors (Lipinski definition) is 1. The van der Waals surface area contributed by atoms with Crippen molar-refractivity contribution in [1.29, 1.82) is 0 Å².